The Morgan fingerprint density at radius 3 is 2.59 bits per heavy atom. The van der Waals surface area contributed by atoms with Crippen molar-refractivity contribution in [3.63, 3.8) is 0 Å². The smallest absolute Gasteiger partial charge is 0.268 e. The van der Waals surface area contributed by atoms with Crippen molar-refractivity contribution < 1.29 is 4.74 Å². The molecule has 152 valence electrons. The maximum atomic E-state index is 12.2. The van der Waals surface area contributed by atoms with E-state index in [1.54, 1.807) is 24.2 Å². The van der Waals surface area contributed by atoms with Gasteiger partial charge in [0.25, 0.3) is 5.56 Å². The first kappa shape index (κ1) is 19.3. The molecule has 0 spiro atoms. The lowest BCUT2D eigenvalue weighted by Crippen LogP contribution is -2.39. The molecular formula is C21H26N6O2. The molecule has 2 aromatic heterocycles. The zero-order valence-corrected chi connectivity index (χ0v) is 16.6. The number of nitrogens with zero attached hydrogens (tertiary/aromatic N) is 6. The molecule has 8 nitrogen and oxygen atoms in total. The molecule has 4 rings (SSSR count). The second-order valence-corrected chi connectivity index (χ2v) is 7.46. The van der Waals surface area contributed by atoms with E-state index in [4.69, 9.17) is 4.74 Å². The van der Waals surface area contributed by atoms with Gasteiger partial charge in [-0.1, -0.05) is 12.1 Å². The Labute approximate surface area is 169 Å². The first-order valence-electron chi connectivity index (χ1n) is 10.00. The summed E-state index contributed by atoms with van der Waals surface area (Å²) in [7, 11) is 1.69. The molecule has 3 heterocycles. The van der Waals surface area contributed by atoms with E-state index < -0.39 is 0 Å². The number of methoxy groups -OCH3 is 1. The van der Waals surface area contributed by atoms with Crippen LogP contribution in [0.2, 0.25) is 0 Å². The summed E-state index contributed by atoms with van der Waals surface area (Å²) in [5.74, 6) is 2.22. The average Bonchev–Trinajstić information content (AvgIpc) is 3.30. The lowest BCUT2D eigenvalue weighted by atomic mass is 9.91. The molecule has 0 radical (unpaired) electrons. The number of hydrogen-bond acceptors (Lipinski definition) is 6. The van der Waals surface area contributed by atoms with Gasteiger partial charge in [-0.25, -0.2) is 14.3 Å². The monoisotopic (exact) mass is 394 g/mol. The number of rotatable bonds is 7. The molecule has 1 saturated heterocycles. The highest BCUT2D eigenvalue weighted by atomic mass is 16.5. The fourth-order valence-corrected chi connectivity index (χ4v) is 3.76. The second-order valence-electron chi connectivity index (χ2n) is 7.46. The van der Waals surface area contributed by atoms with Crippen molar-refractivity contribution in [2.45, 2.75) is 32.4 Å². The highest BCUT2D eigenvalue weighted by Gasteiger charge is 2.20. The molecule has 0 amide bonds. The minimum absolute atomic E-state index is 0.101. The lowest BCUT2D eigenvalue weighted by molar-refractivity contribution is 0.135. The summed E-state index contributed by atoms with van der Waals surface area (Å²) in [5.41, 5.74) is 1.25. The van der Waals surface area contributed by atoms with Gasteiger partial charge in [-0.2, -0.15) is 5.10 Å². The third-order valence-corrected chi connectivity index (χ3v) is 5.55. The van der Waals surface area contributed by atoms with Crippen molar-refractivity contribution >= 4 is 0 Å². The van der Waals surface area contributed by atoms with Gasteiger partial charge in [-0.3, -0.25) is 9.69 Å². The number of likely N-dealkylation sites (tertiary alicyclic amines) is 1. The number of ether oxygens (including phenoxy) is 1. The van der Waals surface area contributed by atoms with Crippen LogP contribution in [0.3, 0.4) is 0 Å². The third kappa shape index (κ3) is 4.89. The molecule has 0 N–H and O–H groups in total. The maximum absolute atomic E-state index is 12.2. The van der Waals surface area contributed by atoms with Crippen LogP contribution in [0.25, 0.3) is 5.82 Å². The molecule has 1 aliphatic rings. The summed E-state index contributed by atoms with van der Waals surface area (Å²) in [6, 6.07) is 11.5. The van der Waals surface area contributed by atoms with Crippen LogP contribution in [0, 0.1) is 5.92 Å². The minimum Gasteiger partial charge on any atom is -0.497 e. The maximum Gasteiger partial charge on any atom is 0.268 e. The normalized spacial score (nSPS) is 15.5. The first-order chi connectivity index (χ1) is 14.2. The SMILES string of the molecule is COc1ccc(CCC2CCN(Cn3nc(-n4cncn4)ccc3=O)CC2)cc1. The molecule has 3 aromatic rings. The minimum atomic E-state index is -0.101. The summed E-state index contributed by atoms with van der Waals surface area (Å²) in [5, 5.41) is 8.51. The van der Waals surface area contributed by atoms with Crippen molar-refractivity contribution in [3.8, 4) is 11.6 Å². The second kappa shape index (κ2) is 9.00. The molecule has 0 atom stereocenters. The Kier molecular flexibility index (Phi) is 6.00. The Morgan fingerprint density at radius 2 is 1.90 bits per heavy atom. The Bertz CT molecular complexity index is 960. The van der Waals surface area contributed by atoms with Crippen LogP contribution in [0.1, 0.15) is 24.8 Å². The number of hydrogen-bond donors (Lipinski definition) is 0. The zero-order chi connectivity index (χ0) is 20.1. The quantitative estimate of drug-likeness (QED) is 0.611. The van der Waals surface area contributed by atoms with Gasteiger partial charge >= 0.3 is 0 Å². The van der Waals surface area contributed by atoms with Gasteiger partial charge < -0.3 is 4.74 Å². The van der Waals surface area contributed by atoms with Gasteiger partial charge in [0.2, 0.25) is 0 Å². The molecular weight excluding hydrogens is 368 g/mol. The average molecular weight is 394 g/mol. The molecule has 0 saturated carbocycles. The fraction of sp³-hybridized carbons (Fsp3) is 0.429. The number of piperidine rings is 1. The summed E-state index contributed by atoms with van der Waals surface area (Å²) < 4.78 is 8.28. The summed E-state index contributed by atoms with van der Waals surface area (Å²) in [6.45, 7) is 2.47. The van der Waals surface area contributed by atoms with E-state index in [0.717, 1.165) is 44.0 Å². The van der Waals surface area contributed by atoms with Crippen LogP contribution in [-0.2, 0) is 13.1 Å². The Balaban J connectivity index is 1.28. The van der Waals surface area contributed by atoms with Crippen LogP contribution in [-0.4, -0.2) is 49.6 Å². The first-order valence-corrected chi connectivity index (χ1v) is 10.00. The van der Waals surface area contributed by atoms with Gasteiger partial charge in [-0.15, -0.1) is 5.10 Å². The molecule has 1 fully saturated rings. The number of aromatic nitrogens is 5. The molecule has 29 heavy (non-hydrogen) atoms. The van der Waals surface area contributed by atoms with E-state index in [9.17, 15) is 4.79 Å². The number of aryl methyl sites for hydroxylation is 1. The number of benzene rings is 1. The zero-order valence-electron chi connectivity index (χ0n) is 16.6. The van der Waals surface area contributed by atoms with Crippen LogP contribution in [0.4, 0.5) is 0 Å². The predicted octanol–water partition coefficient (Wildman–Crippen LogP) is 2.13. The molecule has 1 aromatic carbocycles. The van der Waals surface area contributed by atoms with E-state index >= 15 is 0 Å². The van der Waals surface area contributed by atoms with E-state index in [1.807, 2.05) is 12.1 Å². The van der Waals surface area contributed by atoms with E-state index in [0.29, 0.717) is 12.5 Å². The molecule has 0 bridgehead atoms. The highest BCUT2D eigenvalue weighted by molar-refractivity contribution is 5.27. The van der Waals surface area contributed by atoms with Gasteiger partial charge in [-0.05, 0) is 55.4 Å². The van der Waals surface area contributed by atoms with E-state index in [2.05, 4.69) is 32.2 Å². The van der Waals surface area contributed by atoms with E-state index in [1.165, 1.54) is 29.1 Å². The summed E-state index contributed by atoms with van der Waals surface area (Å²) in [4.78, 5) is 18.4. The van der Waals surface area contributed by atoms with Crippen LogP contribution in [0.15, 0.2) is 53.8 Å². The van der Waals surface area contributed by atoms with Crippen molar-refractivity contribution in [3.05, 3.63) is 65.0 Å². The van der Waals surface area contributed by atoms with Crippen LogP contribution < -0.4 is 10.3 Å². The summed E-state index contributed by atoms with van der Waals surface area (Å²) >= 11 is 0. The molecule has 0 unspecified atom stereocenters. The molecule has 0 aliphatic carbocycles. The van der Waals surface area contributed by atoms with Crippen molar-refractivity contribution in [2.24, 2.45) is 5.92 Å². The molecule has 1 aliphatic heterocycles. The van der Waals surface area contributed by atoms with Gasteiger partial charge in [0.1, 0.15) is 18.4 Å². The topological polar surface area (TPSA) is 78.1 Å². The Hall–Kier alpha value is -3.00. The standard InChI is InChI=1S/C21H26N6O2/c1-29-19-6-4-17(5-7-19)2-3-18-10-12-25(13-11-18)16-27-21(28)9-8-20(24-27)26-15-22-14-23-26/h4-9,14-15,18H,2-3,10-13,16H2,1H3. The largest absolute Gasteiger partial charge is 0.497 e. The van der Waals surface area contributed by atoms with Gasteiger partial charge in [0, 0.05) is 19.2 Å². The summed E-state index contributed by atoms with van der Waals surface area (Å²) in [6.07, 6.45) is 7.61. The molecule has 8 heteroatoms. The Morgan fingerprint density at radius 1 is 1.10 bits per heavy atom. The van der Waals surface area contributed by atoms with Crippen molar-refractivity contribution in [1.82, 2.24) is 29.4 Å². The lowest BCUT2D eigenvalue weighted by Gasteiger charge is -2.31. The van der Waals surface area contributed by atoms with Crippen molar-refractivity contribution in [1.29, 1.82) is 0 Å². The van der Waals surface area contributed by atoms with Gasteiger partial charge in [0.15, 0.2) is 5.82 Å². The van der Waals surface area contributed by atoms with Crippen LogP contribution in [0.5, 0.6) is 5.75 Å². The third-order valence-electron chi connectivity index (χ3n) is 5.55. The van der Waals surface area contributed by atoms with Crippen LogP contribution >= 0.6 is 0 Å². The van der Waals surface area contributed by atoms with Gasteiger partial charge in [0.05, 0.1) is 13.8 Å². The fourth-order valence-electron chi connectivity index (χ4n) is 3.76. The highest BCUT2D eigenvalue weighted by Crippen LogP contribution is 2.23. The van der Waals surface area contributed by atoms with Crippen molar-refractivity contribution in [2.75, 3.05) is 20.2 Å². The predicted molar refractivity (Wildman–Crippen MR) is 109 cm³/mol. The van der Waals surface area contributed by atoms with E-state index in [-0.39, 0.29) is 5.56 Å².